The molecule has 0 amide bonds. The van der Waals surface area contributed by atoms with Gasteiger partial charge in [0, 0.05) is 5.97 Å². The Morgan fingerprint density at radius 3 is 1.38 bits per heavy atom. The Kier molecular flexibility index (Phi) is 11.2. The Morgan fingerprint density at radius 2 is 1.03 bits per heavy atom. The maximum atomic E-state index is 9.92. The Balaban J connectivity index is 0.000000257. The molecule has 0 aliphatic rings. The second-order valence-corrected chi connectivity index (χ2v) is 14.1. The number of rotatable bonds is 9. The number of benzene rings is 3. The van der Waals surface area contributed by atoms with E-state index < -0.39 is 25.7 Å². The molecule has 0 saturated carbocycles. The zero-order valence-corrected chi connectivity index (χ0v) is 20.1. The van der Waals surface area contributed by atoms with Crippen LogP contribution in [0.1, 0.15) is 45.4 Å². The monoisotopic (exact) mass is 494 g/mol. The van der Waals surface area contributed by atoms with Crippen LogP contribution in [0.2, 0.25) is 0 Å². The Morgan fingerprint density at radius 1 is 0.655 bits per heavy atom. The molecule has 150 valence electrons. The molecule has 3 heteroatoms. The number of hydrogen-bond donors (Lipinski definition) is 0. The van der Waals surface area contributed by atoms with E-state index in [0.717, 1.165) is 19.3 Å². The third-order valence-corrected chi connectivity index (χ3v) is 12.5. The van der Waals surface area contributed by atoms with E-state index in [1.807, 2.05) is 0 Å². The van der Waals surface area contributed by atoms with Gasteiger partial charge in [-0.15, -0.1) is 0 Å². The average Bonchev–Trinajstić information content (AvgIpc) is 2.76. The quantitative estimate of drug-likeness (QED) is 0.339. The summed E-state index contributed by atoms with van der Waals surface area (Å²) >= 11 is -1.98. The summed E-state index contributed by atoms with van der Waals surface area (Å²) in [6, 6.07) is 32.9. The molecule has 2 nitrogen and oxygen atoms in total. The van der Waals surface area contributed by atoms with Crippen molar-refractivity contribution in [2.45, 2.75) is 45.4 Å². The summed E-state index contributed by atoms with van der Waals surface area (Å²) in [7, 11) is 0. The van der Waals surface area contributed by atoms with Gasteiger partial charge in [-0.1, -0.05) is 32.6 Å². The van der Waals surface area contributed by atoms with Crippen LogP contribution in [0.25, 0.3) is 0 Å². The summed E-state index contributed by atoms with van der Waals surface area (Å²) in [5.74, 6) is -0.920. The summed E-state index contributed by atoms with van der Waals surface area (Å²) in [6.45, 7) is 2.14. The van der Waals surface area contributed by atoms with Crippen molar-refractivity contribution < 1.29 is 9.90 Å². The van der Waals surface area contributed by atoms with E-state index in [2.05, 4.69) is 97.9 Å². The van der Waals surface area contributed by atoms with Crippen LogP contribution in [0.3, 0.4) is 0 Å². The van der Waals surface area contributed by atoms with Gasteiger partial charge in [0.05, 0.1) is 0 Å². The van der Waals surface area contributed by atoms with E-state index >= 15 is 0 Å². The molecule has 0 atom stereocenters. The molecule has 0 bridgehead atoms. The van der Waals surface area contributed by atoms with Gasteiger partial charge in [0.15, 0.2) is 0 Å². The van der Waals surface area contributed by atoms with Gasteiger partial charge in [-0.25, -0.2) is 0 Å². The van der Waals surface area contributed by atoms with Crippen molar-refractivity contribution in [3.63, 3.8) is 0 Å². The van der Waals surface area contributed by atoms with Crippen molar-refractivity contribution in [3.05, 3.63) is 91.0 Å². The number of carboxylic acid groups (broad SMARTS) is 1. The molecule has 0 N–H and O–H groups in total. The number of carbonyl (C=O) groups excluding carboxylic acids is 1. The van der Waals surface area contributed by atoms with E-state index in [4.69, 9.17) is 0 Å². The van der Waals surface area contributed by atoms with Crippen LogP contribution < -0.4 is 15.8 Å². The van der Waals surface area contributed by atoms with Crippen molar-refractivity contribution >= 4 is 36.5 Å². The molecule has 0 saturated heterocycles. The van der Waals surface area contributed by atoms with E-state index in [1.165, 1.54) is 23.6 Å². The molecule has 3 aromatic rings. The SMILES string of the molecule is CCCCCCCC(=O)[O-].c1cc[c]([Sn+]([c]2ccccc2)[c]2ccccc2)cc1. The van der Waals surface area contributed by atoms with Crippen molar-refractivity contribution in [3.8, 4) is 0 Å². The number of unbranched alkanes of at least 4 members (excludes halogenated alkanes) is 4. The molecule has 0 radical (unpaired) electrons. The maximum absolute atomic E-state index is 9.92. The molecule has 0 unspecified atom stereocenters. The van der Waals surface area contributed by atoms with Crippen LogP contribution >= 0.6 is 0 Å². The summed E-state index contributed by atoms with van der Waals surface area (Å²) < 4.78 is 4.59. The molecule has 0 aliphatic carbocycles. The number of aliphatic carboxylic acids is 1. The van der Waals surface area contributed by atoms with Crippen LogP contribution in [0, 0.1) is 0 Å². The van der Waals surface area contributed by atoms with E-state index in [-0.39, 0.29) is 6.42 Å². The first-order valence-corrected chi connectivity index (χ1v) is 14.7. The first-order valence-electron chi connectivity index (χ1n) is 10.5. The standard InChI is InChI=1S/C8H16O2.3C6H5.Sn/c1-2-3-4-5-6-7-8(9)10;3*1-2-4-6-5-3-1;/h2-7H2,1H3,(H,9,10);3*1-5H;/q;;;;+1/p-1. The summed E-state index contributed by atoms with van der Waals surface area (Å²) in [5.41, 5.74) is 0. The Bertz CT molecular complexity index is 710. The molecular weight excluding hydrogens is 463 g/mol. The minimum absolute atomic E-state index is 0.226. The van der Waals surface area contributed by atoms with Gasteiger partial charge in [-0.2, -0.15) is 0 Å². The van der Waals surface area contributed by atoms with Crippen molar-refractivity contribution in [1.29, 1.82) is 0 Å². The summed E-state index contributed by atoms with van der Waals surface area (Å²) in [6.07, 6.45) is 5.61. The van der Waals surface area contributed by atoms with E-state index in [0.29, 0.717) is 0 Å². The molecule has 0 aliphatic heterocycles. The number of carboxylic acids is 1. The molecule has 3 rings (SSSR count). The third-order valence-electron chi connectivity index (χ3n) is 4.67. The predicted molar refractivity (Wildman–Crippen MR) is 122 cm³/mol. The van der Waals surface area contributed by atoms with Crippen LogP contribution in [-0.4, -0.2) is 25.7 Å². The zero-order chi connectivity index (χ0) is 20.7. The normalized spacial score (nSPS) is 9.97. The molecule has 3 aromatic carbocycles. The van der Waals surface area contributed by atoms with Gasteiger partial charge < -0.3 is 9.90 Å². The predicted octanol–water partition coefficient (Wildman–Crippen LogP) is 3.30. The van der Waals surface area contributed by atoms with E-state index in [1.54, 1.807) is 0 Å². The fourth-order valence-electron chi connectivity index (χ4n) is 3.19. The van der Waals surface area contributed by atoms with Crippen LogP contribution in [0.4, 0.5) is 0 Å². The first-order chi connectivity index (χ1) is 14.2. The van der Waals surface area contributed by atoms with Crippen LogP contribution in [0.5, 0.6) is 0 Å². The second kappa shape index (κ2) is 14.0. The van der Waals surface area contributed by atoms with Crippen molar-refractivity contribution in [1.82, 2.24) is 0 Å². The van der Waals surface area contributed by atoms with Crippen molar-refractivity contribution in [2.24, 2.45) is 0 Å². The fourth-order valence-corrected chi connectivity index (χ4v) is 10.5. The molecular formula is C26H30O2Sn. The van der Waals surface area contributed by atoms with Gasteiger partial charge in [-0.3, -0.25) is 0 Å². The van der Waals surface area contributed by atoms with Crippen LogP contribution in [0.15, 0.2) is 91.0 Å². The van der Waals surface area contributed by atoms with Gasteiger partial charge in [0.25, 0.3) is 0 Å². The van der Waals surface area contributed by atoms with Gasteiger partial charge in [-0.05, 0) is 12.8 Å². The topological polar surface area (TPSA) is 40.1 Å². The summed E-state index contributed by atoms with van der Waals surface area (Å²) in [4.78, 5) is 9.92. The Labute approximate surface area is 182 Å². The van der Waals surface area contributed by atoms with E-state index in [9.17, 15) is 9.90 Å². The molecule has 29 heavy (non-hydrogen) atoms. The number of hydrogen-bond acceptors (Lipinski definition) is 2. The second-order valence-electron chi connectivity index (χ2n) is 7.01. The molecule has 0 spiro atoms. The Hall–Kier alpha value is -2.07. The molecule has 0 fully saturated rings. The first kappa shape index (κ1) is 23.2. The zero-order valence-electron chi connectivity index (χ0n) is 17.2. The van der Waals surface area contributed by atoms with Crippen molar-refractivity contribution in [2.75, 3.05) is 0 Å². The molecule has 0 heterocycles. The summed E-state index contributed by atoms with van der Waals surface area (Å²) in [5, 5.41) is 9.92. The fraction of sp³-hybridized carbons (Fsp3) is 0.269. The minimum atomic E-state index is -1.98. The average molecular weight is 493 g/mol. The van der Waals surface area contributed by atoms with Gasteiger partial charge in [0.2, 0.25) is 0 Å². The third kappa shape index (κ3) is 8.86. The van der Waals surface area contributed by atoms with Gasteiger partial charge in [0.1, 0.15) is 0 Å². The molecule has 0 aromatic heterocycles. The van der Waals surface area contributed by atoms with Gasteiger partial charge >= 0.3 is 121 Å². The van der Waals surface area contributed by atoms with Crippen LogP contribution in [-0.2, 0) is 4.79 Å². The number of carbonyl (C=O) groups is 1.